The van der Waals surface area contributed by atoms with Gasteiger partial charge < -0.3 is 13.7 Å². The maximum Gasteiger partial charge on any atom is 0.159 e. The van der Waals surface area contributed by atoms with E-state index in [4.69, 9.17) is 8.83 Å². The van der Waals surface area contributed by atoms with Crippen molar-refractivity contribution >= 4 is 71.7 Å². The fourth-order valence-electron chi connectivity index (χ4n) is 7.31. The topological polar surface area (TPSA) is 29.5 Å². The van der Waals surface area contributed by atoms with Crippen LogP contribution in [0.2, 0.25) is 0 Å². The molecule has 0 spiro atoms. The van der Waals surface area contributed by atoms with Gasteiger partial charge in [0.15, 0.2) is 5.58 Å². The van der Waals surface area contributed by atoms with Crippen molar-refractivity contribution in [1.82, 2.24) is 0 Å². The van der Waals surface area contributed by atoms with Crippen LogP contribution in [0.3, 0.4) is 0 Å². The fraction of sp³-hybridized carbons (Fsp3) is 0. The largest absolute Gasteiger partial charge is 0.456 e. The zero-order valence-electron chi connectivity index (χ0n) is 26.5. The van der Waals surface area contributed by atoms with Gasteiger partial charge in [-0.25, -0.2) is 0 Å². The van der Waals surface area contributed by atoms with Crippen LogP contribution in [0.5, 0.6) is 0 Å². The van der Waals surface area contributed by atoms with E-state index in [1.54, 1.807) is 0 Å². The van der Waals surface area contributed by atoms with Crippen LogP contribution >= 0.6 is 0 Å². The molecular formula is C46H29NO2. The molecule has 0 aliphatic rings. The molecule has 3 nitrogen and oxygen atoms in total. The molecule has 49 heavy (non-hydrogen) atoms. The van der Waals surface area contributed by atoms with Gasteiger partial charge in [0.2, 0.25) is 0 Å². The van der Waals surface area contributed by atoms with Gasteiger partial charge in [-0.2, -0.15) is 0 Å². The van der Waals surface area contributed by atoms with E-state index in [0.717, 1.165) is 61.1 Å². The second-order valence-electron chi connectivity index (χ2n) is 12.5. The predicted molar refractivity (Wildman–Crippen MR) is 204 cm³/mol. The monoisotopic (exact) mass is 627 g/mol. The number of rotatable bonds is 5. The Morgan fingerprint density at radius 2 is 0.939 bits per heavy atom. The van der Waals surface area contributed by atoms with E-state index < -0.39 is 0 Å². The Morgan fingerprint density at radius 3 is 1.69 bits per heavy atom. The van der Waals surface area contributed by atoms with Crippen molar-refractivity contribution in [2.45, 2.75) is 0 Å². The highest BCUT2D eigenvalue weighted by Gasteiger charge is 2.20. The number of furan rings is 2. The van der Waals surface area contributed by atoms with E-state index in [1.807, 2.05) is 24.3 Å². The molecule has 0 fully saturated rings. The zero-order valence-corrected chi connectivity index (χ0v) is 26.5. The highest BCUT2D eigenvalue weighted by molar-refractivity contribution is 6.19. The Kier molecular flexibility index (Phi) is 6.18. The molecule has 0 aliphatic carbocycles. The standard InChI is InChI=1S/C46H29NO2/c1-2-9-30(10-3-1)31-17-23-35(24-18-31)47(41-14-8-13-39-38-11-4-6-15-42(38)49-46(39)41)36-25-19-32(20-26-36)33-21-27-37-34(29-33)22-28-44-45(37)40-12-5-7-16-43(40)48-44/h1-29H. The molecule has 0 radical (unpaired) electrons. The van der Waals surface area contributed by atoms with Gasteiger partial charge >= 0.3 is 0 Å². The summed E-state index contributed by atoms with van der Waals surface area (Å²) in [6.07, 6.45) is 0. The normalized spacial score (nSPS) is 11.7. The van der Waals surface area contributed by atoms with Gasteiger partial charge in [-0.3, -0.25) is 0 Å². The summed E-state index contributed by atoms with van der Waals surface area (Å²) in [6, 6.07) is 62.0. The Labute approximate surface area is 282 Å². The first-order valence-electron chi connectivity index (χ1n) is 16.6. The number of hydrogen-bond acceptors (Lipinski definition) is 3. The number of nitrogens with zero attached hydrogens (tertiary/aromatic N) is 1. The molecule has 0 saturated heterocycles. The number of benzene rings is 8. The number of para-hydroxylation sites is 3. The lowest BCUT2D eigenvalue weighted by atomic mass is 9.98. The molecule has 0 saturated carbocycles. The lowest BCUT2D eigenvalue weighted by Gasteiger charge is -2.26. The number of anilines is 3. The van der Waals surface area contributed by atoms with E-state index >= 15 is 0 Å². The summed E-state index contributed by atoms with van der Waals surface area (Å²) in [6.45, 7) is 0. The Bertz CT molecular complexity index is 2810. The van der Waals surface area contributed by atoms with Gasteiger partial charge in [0.25, 0.3) is 0 Å². The van der Waals surface area contributed by atoms with Crippen LogP contribution < -0.4 is 4.90 Å². The van der Waals surface area contributed by atoms with Crippen LogP contribution in [0.25, 0.3) is 76.9 Å². The summed E-state index contributed by atoms with van der Waals surface area (Å²) in [4.78, 5) is 2.30. The minimum Gasteiger partial charge on any atom is -0.456 e. The van der Waals surface area contributed by atoms with Gasteiger partial charge in [0.1, 0.15) is 16.7 Å². The maximum atomic E-state index is 6.54. The van der Waals surface area contributed by atoms with E-state index in [9.17, 15) is 0 Å². The van der Waals surface area contributed by atoms with Crippen molar-refractivity contribution in [3.05, 3.63) is 176 Å². The van der Waals surface area contributed by atoms with Crippen LogP contribution in [0.1, 0.15) is 0 Å². The van der Waals surface area contributed by atoms with Gasteiger partial charge in [-0.05, 0) is 87.6 Å². The summed E-state index contributed by atoms with van der Waals surface area (Å²) in [5, 5.41) is 6.93. The second-order valence-corrected chi connectivity index (χ2v) is 12.5. The molecule has 10 aromatic rings. The molecule has 0 N–H and O–H groups in total. The first-order chi connectivity index (χ1) is 24.3. The van der Waals surface area contributed by atoms with Crippen molar-refractivity contribution in [3.8, 4) is 22.3 Å². The van der Waals surface area contributed by atoms with Crippen molar-refractivity contribution in [2.75, 3.05) is 4.90 Å². The third kappa shape index (κ3) is 4.51. The molecule has 2 heterocycles. The average Bonchev–Trinajstić information content (AvgIpc) is 3.75. The Hall–Kier alpha value is -6.58. The van der Waals surface area contributed by atoms with Gasteiger partial charge in [0, 0.05) is 32.9 Å². The second kappa shape index (κ2) is 11.0. The SMILES string of the molecule is c1ccc(-c2ccc(N(c3ccc(-c4ccc5c(ccc6oc7ccccc7c65)c4)cc3)c3cccc4c3oc3ccccc34)cc2)cc1. The van der Waals surface area contributed by atoms with Gasteiger partial charge in [-0.15, -0.1) is 0 Å². The Morgan fingerprint density at radius 1 is 0.347 bits per heavy atom. The van der Waals surface area contributed by atoms with E-state index in [0.29, 0.717) is 0 Å². The van der Waals surface area contributed by atoms with E-state index in [2.05, 4.69) is 157 Å². The van der Waals surface area contributed by atoms with Crippen LogP contribution in [-0.2, 0) is 0 Å². The summed E-state index contributed by atoms with van der Waals surface area (Å²) in [7, 11) is 0. The highest BCUT2D eigenvalue weighted by atomic mass is 16.3. The van der Waals surface area contributed by atoms with E-state index in [1.165, 1.54) is 32.8 Å². The summed E-state index contributed by atoms with van der Waals surface area (Å²) < 4.78 is 12.7. The maximum absolute atomic E-state index is 6.54. The molecular weight excluding hydrogens is 599 g/mol. The quantitative estimate of drug-likeness (QED) is 0.190. The fourth-order valence-corrected chi connectivity index (χ4v) is 7.31. The Balaban J connectivity index is 1.08. The number of fused-ring (bicyclic) bond motifs is 8. The lowest BCUT2D eigenvalue weighted by molar-refractivity contribution is 0.669. The zero-order chi connectivity index (χ0) is 32.3. The lowest BCUT2D eigenvalue weighted by Crippen LogP contribution is -2.10. The number of hydrogen-bond donors (Lipinski definition) is 0. The molecule has 10 rings (SSSR count). The van der Waals surface area contributed by atoms with Crippen molar-refractivity contribution in [3.63, 3.8) is 0 Å². The van der Waals surface area contributed by atoms with Crippen LogP contribution in [0.4, 0.5) is 17.1 Å². The van der Waals surface area contributed by atoms with Crippen LogP contribution in [0, 0.1) is 0 Å². The van der Waals surface area contributed by atoms with Crippen LogP contribution in [-0.4, -0.2) is 0 Å². The van der Waals surface area contributed by atoms with Crippen molar-refractivity contribution in [1.29, 1.82) is 0 Å². The molecule has 8 aromatic carbocycles. The molecule has 230 valence electrons. The molecule has 0 unspecified atom stereocenters. The molecule has 0 atom stereocenters. The minimum atomic E-state index is 0.868. The predicted octanol–water partition coefficient (Wildman–Crippen LogP) is 13.4. The molecule has 0 aliphatic heterocycles. The average molecular weight is 628 g/mol. The third-order valence-corrected chi connectivity index (χ3v) is 9.67. The van der Waals surface area contributed by atoms with Crippen LogP contribution in [0.15, 0.2) is 185 Å². The smallest absolute Gasteiger partial charge is 0.159 e. The molecule has 3 heteroatoms. The summed E-state index contributed by atoms with van der Waals surface area (Å²) >= 11 is 0. The van der Waals surface area contributed by atoms with Crippen molar-refractivity contribution in [2.24, 2.45) is 0 Å². The molecule has 0 bridgehead atoms. The molecule has 2 aromatic heterocycles. The molecule has 0 amide bonds. The summed E-state index contributed by atoms with van der Waals surface area (Å²) in [5.41, 5.74) is 11.4. The van der Waals surface area contributed by atoms with Gasteiger partial charge in [-0.1, -0.05) is 121 Å². The summed E-state index contributed by atoms with van der Waals surface area (Å²) in [5.74, 6) is 0. The van der Waals surface area contributed by atoms with E-state index in [-0.39, 0.29) is 0 Å². The minimum absolute atomic E-state index is 0.868. The first kappa shape index (κ1) is 27.5. The highest BCUT2D eigenvalue weighted by Crippen LogP contribution is 2.43. The van der Waals surface area contributed by atoms with Crippen molar-refractivity contribution < 1.29 is 8.83 Å². The van der Waals surface area contributed by atoms with Gasteiger partial charge in [0.05, 0.1) is 5.69 Å². The first-order valence-corrected chi connectivity index (χ1v) is 16.6. The third-order valence-electron chi connectivity index (χ3n) is 9.67.